The Bertz CT molecular complexity index is 426. The predicted molar refractivity (Wildman–Crippen MR) is 85.3 cm³/mol. The van der Waals surface area contributed by atoms with Gasteiger partial charge >= 0.3 is 0 Å². The van der Waals surface area contributed by atoms with E-state index in [2.05, 4.69) is 32.2 Å². The average molecular weight is 275 g/mol. The Morgan fingerprint density at radius 3 is 2.15 bits per heavy atom. The highest BCUT2D eigenvalue weighted by Crippen LogP contribution is 2.31. The third-order valence-electron chi connectivity index (χ3n) is 4.24. The second-order valence-electron chi connectivity index (χ2n) is 7.04. The molecule has 0 atom stereocenters. The number of hydrogen-bond acceptors (Lipinski definition) is 3. The minimum Gasteiger partial charge on any atom is -0.373 e. The van der Waals surface area contributed by atoms with Gasteiger partial charge in [-0.25, -0.2) is 9.97 Å². The number of hydrogen-bond donors (Lipinski definition) is 1. The molecule has 1 saturated carbocycles. The lowest BCUT2D eigenvalue weighted by Crippen LogP contribution is -2.18. The zero-order valence-electron chi connectivity index (χ0n) is 13.5. The molecular weight excluding hydrogens is 246 g/mol. The van der Waals surface area contributed by atoms with E-state index in [0.29, 0.717) is 5.92 Å². The van der Waals surface area contributed by atoms with Crippen LogP contribution in [-0.4, -0.2) is 17.0 Å². The van der Waals surface area contributed by atoms with Crippen LogP contribution >= 0.6 is 0 Å². The van der Waals surface area contributed by atoms with E-state index >= 15 is 0 Å². The van der Waals surface area contributed by atoms with Crippen molar-refractivity contribution in [3.05, 3.63) is 17.6 Å². The van der Waals surface area contributed by atoms with Crippen LogP contribution in [0.5, 0.6) is 0 Å². The van der Waals surface area contributed by atoms with Crippen LogP contribution in [-0.2, 0) is 5.41 Å². The standard InChI is InChI=1S/C17H29N3/c1-17(2,3)14-12-15(18-4)20-16(19-14)13-10-8-6-5-7-9-11-13/h12-13H,5-11H2,1-4H3,(H,18,19,20). The molecule has 1 N–H and O–H groups in total. The van der Waals surface area contributed by atoms with Gasteiger partial charge < -0.3 is 5.32 Å². The van der Waals surface area contributed by atoms with Crippen molar-refractivity contribution >= 4 is 5.82 Å². The van der Waals surface area contributed by atoms with Gasteiger partial charge in [-0.3, -0.25) is 0 Å². The van der Waals surface area contributed by atoms with Crippen LogP contribution in [0.4, 0.5) is 5.82 Å². The van der Waals surface area contributed by atoms with Gasteiger partial charge in [-0.15, -0.1) is 0 Å². The fourth-order valence-corrected chi connectivity index (χ4v) is 2.88. The minimum absolute atomic E-state index is 0.0743. The third kappa shape index (κ3) is 3.94. The fraction of sp³-hybridized carbons (Fsp3) is 0.765. The van der Waals surface area contributed by atoms with Crippen molar-refractivity contribution in [2.45, 2.75) is 77.0 Å². The van der Waals surface area contributed by atoms with Crippen LogP contribution < -0.4 is 5.32 Å². The monoisotopic (exact) mass is 275 g/mol. The van der Waals surface area contributed by atoms with Gasteiger partial charge in [-0.05, 0) is 12.8 Å². The largest absolute Gasteiger partial charge is 0.373 e. The molecule has 1 aliphatic rings. The molecule has 1 aromatic rings. The van der Waals surface area contributed by atoms with E-state index in [1.165, 1.54) is 44.9 Å². The molecule has 1 aliphatic carbocycles. The molecule has 1 aromatic heterocycles. The highest BCUT2D eigenvalue weighted by atomic mass is 15.0. The van der Waals surface area contributed by atoms with Gasteiger partial charge in [-0.1, -0.05) is 52.9 Å². The first-order chi connectivity index (χ1) is 9.50. The Balaban J connectivity index is 2.29. The number of rotatable bonds is 2. The summed E-state index contributed by atoms with van der Waals surface area (Å²) in [4.78, 5) is 9.64. The smallest absolute Gasteiger partial charge is 0.134 e. The number of aromatic nitrogens is 2. The van der Waals surface area contributed by atoms with Crippen LogP contribution in [0.1, 0.15) is 83.2 Å². The zero-order valence-corrected chi connectivity index (χ0v) is 13.5. The van der Waals surface area contributed by atoms with Crippen LogP contribution in [0.2, 0.25) is 0 Å². The van der Waals surface area contributed by atoms with Gasteiger partial charge in [0.2, 0.25) is 0 Å². The molecular formula is C17H29N3. The van der Waals surface area contributed by atoms with Crippen LogP contribution in [0.3, 0.4) is 0 Å². The Hall–Kier alpha value is -1.12. The lowest BCUT2D eigenvalue weighted by Gasteiger charge is -2.23. The first kappa shape index (κ1) is 15.3. The van der Waals surface area contributed by atoms with Gasteiger partial charge in [0.25, 0.3) is 0 Å². The molecule has 0 aromatic carbocycles. The Morgan fingerprint density at radius 1 is 1.00 bits per heavy atom. The van der Waals surface area contributed by atoms with Crippen molar-refractivity contribution in [1.29, 1.82) is 0 Å². The Morgan fingerprint density at radius 2 is 1.60 bits per heavy atom. The van der Waals surface area contributed by atoms with Crippen molar-refractivity contribution in [2.75, 3.05) is 12.4 Å². The maximum absolute atomic E-state index is 4.90. The van der Waals surface area contributed by atoms with E-state index in [0.717, 1.165) is 17.3 Å². The molecule has 0 spiro atoms. The van der Waals surface area contributed by atoms with E-state index < -0.39 is 0 Å². The summed E-state index contributed by atoms with van der Waals surface area (Å²) >= 11 is 0. The van der Waals surface area contributed by atoms with Crippen molar-refractivity contribution in [2.24, 2.45) is 0 Å². The van der Waals surface area contributed by atoms with E-state index in [4.69, 9.17) is 9.97 Å². The summed E-state index contributed by atoms with van der Waals surface area (Å²) in [5, 5.41) is 3.20. The molecule has 0 bridgehead atoms. The SMILES string of the molecule is CNc1cc(C(C)(C)C)nc(C2CCCCCCC2)n1. The summed E-state index contributed by atoms with van der Waals surface area (Å²) in [6.07, 6.45) is 9.28. The molecule has 0 amide bonds. The zero-order chi connectivity index (χ0) is 14.6. The summed E-state index contributed by atoms with van der Waals surface area (Å²) < 4.78 is 0. The lowest BCUT2D eigenvalue weighted by molar-refractivity contribution is 0.438. The molecule has 0 saturated heterocycles. The van der Waals surface area contributed by atoms with Crippen molar-refractivity contribution in [3.63, 3.8) is 0 Å². The average Bonchev–Trinajstić information content (AvgIpc) is 2.36. The highest BCUT2D eigenvalue weighted by Gasteiger charge is 2.22. The summed E-state index contributed by atoms with van der Waals surface area (Å²) in [5.74, 6) is 2.57. The minimum atomic E-state index is 0.0743. The number of anilines is 1. The quantitative estimate of drug-likeness (QED) is 0.854. The molecule has 3 nitrogen and oxygen atoms in total. The van der Waals surface area contributed by atoms with E-state index in [-0.39, 0.29) is 5.41 Å². The van der Waals surface area contributed by atoms with Gasteiger partial charge in [0, 0.05) is 24.4 Å². The Kier molecular flexibility index (Phi) is 5.00. The molecule has 112 valence electrons. The maximum atomic E-state index is 4.90. The molecule has 1 fully saturated rings. The fourth-order valence-electron chi connectivity index (χ4n) is 2.88. The second kappa shape index (κ2) is 6.55. The van der Waals surface area contributed by atoms with Crippen LogP contribution in [0.15, 0.2) is 6.07 Å². The molecule has 1 heterocycles. The van der Waals surface area contributed by atoms with E-state index in [1.54, 1.807) is 0 Å². The van der Waals surface area contributed by atoms with Crippen molar-refractivity contribution in [3.8, 4) is 0 Å². The number of nitrogens with zero attached hydrogens (tertiary/aromatic N) is 2. The first-order valence-corrected chi connectivity index (χ1v) is 8.08. The van der Waals surface area contributed by atoms with Crippen molar-refractivity contribution in [1.82, 2.24) is 9.97 Å². The highest BCUT2D eigenvalue weighted by molar-refractivity contribution is 5.37. The molecule has 3 heteroatoms. The van der Waals surface area contributed by atoms with Crippen molar-refractivity contribution < 1.29 is 0 Å². The van der Waals surface area contributed by atoms with E-state index in [1.807, 2.05) is 7.05 Å². The van der Waals surface area contributed by atoms with Gasteiger partial charge in [-0.2, -0.15) is 0 Å². The molecule has 0 unspecified atom stereocenters. The van der Waals surface area contributed by atoms with Crippen LogP contribution in [0, 0.1) is 0 Å². The van der Waals surface area contributed by atoms with Gasteiger partial charge in [0.15, 0.2) is 0 Å². The lowest BCUT2D eigenvalue weighted by atomic mass is 9.89. The molecule has 0 aliphatic heterocycles. The summed E-state index contributed by atoms with van der Waals surface area (Å²) in [6, 6.07) is 2.09. The summed E-state index contributed by atoms with van der Waals surface area (Å²) in [5.41, 5.74) is 1.22. The summed E-state index contributed by atoms with van der Waals surface area (Å²) in [7, 11) is 1.94. The third-order valence-corrected chi connectivity index (χ3v) is 4.24. The van der Waals surface area contributed by atoms with Gasteiger partial charge in [0.05, 0.1) is 5.69 Å². The molecule has 2 rings (SSSR count). The normalized spacial score (nSPS) is 18.4. The van der Waals surface area contributed by atoms with E-state index in [9.17, 15) is 0 Å². The molecule has 0 radical (unpaired) electrons. The summed E-state index contributed by atoms with van der Waals surface area (Å²) in [6.45, 7) is 6.66. The first-order valence-electron chi connectivity index (χ1n) is 8.08. The number of nitrogens with one attached hydrogen (secondary N) is 1. The topological polar surface area (TPSA) is 37.8 Å². The maximum Gasteiger partial charge on any atom is 0.134 e. The predicted octanol–water partition coefficient (Wildman–Crippen LogP) is 4.64. The van der Waals surface area contributed by atoms with Crippen LogP contribution in [0.25, 0.3) is 0 Å². The van der Waals surface area contributed by atoms with Gasteiger partial charge in [0.1, 0.15) is 11.6 Å². The Labute approximate surface area is 123 Å². The molecule has 20 heavy (non-hydrogen) atoms. The second-order valence-corrected chi connectivity index (χ2v) is 7.04.